The Kier molecular flexibility index (Phi) is 5.34. The Labute approximate surface area is 181 Å². The van der Waals surface area contributed by atoms with Gasteiger partial charge in [0.05, 0.1) is 25.4 Å². The van der Waals surface area contributed by atoms with E-state index >= 15 is 0 Å². The molecule has 1 spiro atoms. The van der Waals surface area contributed by atoms with Gasteiger partial charge in [-0.25, -0.2) is 4.98 Å². The van der Waals surface area contributed by atoms with Crippen molar-refractivity contribution in [1.29, 1.82) is 5.26 Å². The normalized spacial score (nSPS) is 25.2. The summed E-state index contributed by atoms with van der Waals surface area (Å²) in [5.74, 6) is 1.13. The number of rotatable bonds is 5. The second-order valence-electron chi connectivity index (χ2n) is 8.59. The number of aromatic nitrogens is 1. The molecule has 1 amide bonds. The zero-order chi connectivity index (χ0) is 21.3. The highest BCUT2D eigenvalue weighted by Crippen LogP contribution is 2.58. The average Bonchev–Trinajstić information content (AvgIpc) is 3.31. The highest BCUT2D eigenvalue weighted by atomic mass is 16.5. The number of amides is 1. The Bertz CT molecular complexity index is 1020. The van der Waals surface area contributed by atoms with Crippen LogP contribution >= 0.6 is 0 Å². The second-order valence-corrected chi connectivity index (χ2v) is 8.59. The topological polar surface area (TPSA) is 93.5 Å². The molecule has 2 saturated heterocycles. The molecule has 2 aliphatic heterocycles. The van der Waals surface area contributed by atoms with Crippen molar-refractivity contribution in [2.24, 2.45) is 11.3 Å². The number of anilines is 1. The number of ether oxygens (including phenoxy) is 3. The lowest BCUT2D eigenvalue weighted by molar-refractivity contribution is -0.118. The quantitative estimate of drug-likeness (QED) is 0.797. The first-order valence-corrected chi connectivity index (χ1v) is 10.8. The fourth-order valence-electron chi connectivity index (χ4n) is 4.54. The van der Waals surface area contributed by atoms with Crippen LogP contribution in [0.1, 0.15) is 31.2 Å². The van der Waals surface area contributed by atoms with Crippen LogP contribution in [-0.2, 0) is 14.3 Å². The summed E-state index contributed by atoms with van der Waals surface area (Å²) in [5.41, 5.74) is 2.30. The molecule has 1 aromatic heterocycles. The first-order chi connectivity index (χ1) is 15.2. The van der Waals surface area contributed by atoms with Gasteiger partial charge in [0.2, 0.25) is 5.91 Å². The van der Waals surface area contributed by atoms with Crippen LogP contribution in [-0.4, -0.2) is 43.4 Å². The summed E-state index contributed by atoms with van der Waals surface area (Å²) >= 11 is 0. The van der Waals surface area contributed by atoms with Gasteiger partial charge in [0, 0.05) is 37.0 Å². The summed E-state index contributed by atoms with van der Waals surface area (Å²) in [6, 6.07) is 11.5. The molecule has 1 aliphatic carbocycles. The lowest BCUT2D eigenvalue weighted by atomic mass is 10.0. The summed E-state index contributed by atoms with van der Waals surface area (Å²) in [5, 5.41) is 12.6. The summed E-state index contributed by atoms with van der Waals surface area (Å²) < 4.78 is 16.9. The predicted octanol–water partition coefficient (Wildman–Crippen LogP) is 3.54. The lowest BCUT2D eigenvalue weighted by Gasteiger charge is -2.23. The van der Waals surface area contributed by atoms with E-state index in [4.69, 9.17) is 14.2 Å². The summed E-state index contributed by atoms with van der Waals surface area (Å²) in [6.07, 6.45) is 5.25. The highest BCUT2D eigenvalue weighted by molar-refractivity contribution is 5.94. The van der Waals surface area contributed by atoms with Gasteiger partial charge in [-0.05, 0) is 48.2 Å². The predicted molar refractivity (Wildman–Crippen MR) is 113 cm³/mol. The van der Waals surface area contributed by atoms with Gasteiger partial charge in [-0.2, -0.15) is 5.26 Å². The summed E-state index contributed by atoms with van der Waals surface area (Å²) in [4.78, 5) is 16.9. The van der Waals surface area contributed by atoms with Crippen molar-refractivity contribution in [2.75, 3.05) is 31.7 Å². The van der Waals surface area contributed by atoms with Gasteiger partial charge < -0.3 is 19.5 Å². The zero-order valence-corrected chi connectivity index (χ0v) is 17.3. The monoisotopic (exact) mass is 419 g/mol. The standard InChI is InChI=1S/C24H25N3O4/c25-14-18-11-16(1-2-21(18)31-19-4-8-29-9-5-19)17-3-7-26-22(12-17)27-23(28)20-13-24(20)6-10-30-15-24/h1-3,7,11-12,19-20H,4-6,8-10,13,15H2,(H,26,27,28). The number of nitriles is 1. The minimum absolute atomic E-state index is 0.00673. The van der Waals surface area contributed by atoms with E-state index in [1.54, 1.807) is 6.20 Å². The van der Waals surface area contributed by atoms with Gasteiger partial charge in [0.15, 0.2) is 0 Å². The van der Waals surface area contributed by atoms with Crippen molar-refractivity contribution < 1.29 is 19.0 Å². The molecule has 0 bridgehead atoms. The van der Waals surface area contributed by atoms with E-state index < -0.39 is 0 Å². The summed E-state index contributed by atoms with van der Waals surface area (Å²) in [7, 11) is 0. The number of hydrogen-bond acceptors (Lipinski definition) is 6. The third-order valence-electron chi connectivity index (χ3n) is 6.55. The van der Waals surface area contributed by atoms with E-state index in [1.807, 2.05) is 30.3 Å². The number of nitrogens with zero attached hydrogens (tertiary/aromatic N) is 2. The van der Waals surface area contributed by atoms with Crippen molar-refractivity contribution >= 4 is 11.7 Å². The van der Waals surface area contributed by atoms with Gasteiger partial charge in [-0.3, -0.25) is 4.79 Å². The largest absolute Gasteiger partial charge is 0.489 e. The van der Waals surface area contributed by atoms with Crippen LogP contribution in [0.5, 0.6) is 5.75 Å². The molecule has 3 aliphatic rings. The molecule has 1 aromatic carbocycles. The molecule has 3 fully saturated rings. The Morgan fingerprint density at radius 2 is 2.00 bits per heavy atom. The minimum Gasteiger partial charge on any atom is -0.489 e. The molecule has 3 heterocycles. The minimum atomic E-state index is 0.00673. The van der Waals surface area contributed by atoms with Crippen molar-refractivity contribution in [2.45, 2.75) is 31.8 Å². The number of benzene rings is 1. The van der Waals surface area contributed by atoms with Crippen molar-refractivity contribution in [3.63, 3.8) is 0 Å². The van der Waals surface area contributed by atoms with Gasteiger partial charge in [-0.1, -0.05) is 6.07 Å². The number of pyridine rings is 1. The van der Waals surface area contributed by atoms with Crippen LogP contribution in [0.25, 0.3) is 11.1 Å². The Morgan fingerprint density at radius 3 is 2.77 bits per heavy atom. The molecule has 0 radical (unpaired) electrons. The molecule has 7 nitrogen and oxygen atoms in total. The Hall–Kier alpha value is -2.95. The van der Waals surface area contributed by atoms with Crippen molar-refractivity contribution in [1.82, 2.24) is 4.98 Å². The molecule has 1 saturated carbocycles. The lowest BCUT2D eigenvalue weighted by Crippen LogP contribution is -2.26. The second kappa shape index (κ2) is 8.29. The third kappa shape index (κ3) is 4.14. The average molecular weight is 419 g/mol. The maximum atomic E-state index is 12.6. The van der Waals surface area contributed by atoms with Crippen LogP contribution < -0.4 is 10.1 Å². The van der Waals surface area contributed by atoms with Crippen molar-refractivity contribution in [3.8, 4) is 22.9 Å². The summed E-state index contributed by atoms with van der Waals surface area (Å²) in [6.45, 7) is 2.79. The fraction of sp³-hybridized carbons (Fsp3) is 0.458. The molecule has 2 unspecified atom stereocenters. The van der Waals surface area contributed by atoms with Gasteiger partial charge in [0.1, 0.15) is 23.7 Å². The molecule has 5 rings (SSSR count). The number of hydrogen-bond donors (Lipinski definition) is 1. The first-order valence-electron chi connectivity index (χ1n) is 10.8. The zero-order valence-electron chi connectivity index (χ0n) is 17.3. The van der Waals surface area contributed by atoms with Crippen molar-refractivity contribution in [3.05, 3.63) is 42.1 Å². The highest BCUT2D eigenvalue weighted by Gasteiger charge is 2.59. The molecule has 2 aromatic rings. The van der Waals surface area contributed by atoms with E-state index in [1.165, 1.54) is 0 Å². The Morgan fingerprint density at radius 1 is 1.16 bits per heavy atom. The maximum Gasteiger partial charge on any atom is 0.229 e. The van der Waals surface area contributed by atoms with Crippen LogP contribution in [0.4, 0.5) is 5.82 Å². The van der Waals surface area contributed by atoms with Crippen LogP contribution in [0, 0.1) is 22.7 Å². The number of carbonyl (C=O) groups is 1. The van der Waals surface area contributed by atoms with Gasteiger partial charge in [-0.15, -0.1) is 0 Å². The third-order valence-corrected chi connectivity index (χ3v) is 6.55. The van der Waals surface area contributed by atoms with Crippen LogP contribution in [0.15, 0.2) is 36.5 Å². The molecule has 7 heteroatoms. The molecule has 2 atom stereocenters. The Balaban J connectivity index is 1.30. The molecule has 1 N–H and O–H groups in total. The molecular weight excluding hydrogens is 394 g/mol. The van der Waals surface area contributed by atoms with Gasteiger partial charge >= 0.3 is 0 Å². The molecule has 160 valence electrons. The van der Waals surface area contributed by atoms with E-state index in [9.17, 15) is 10.1 Å². The van der Waals surface area contributed by atoms with E-state index in [2.05, 4.69) is 16.4 Å². The fourth-order valence-corrected chi connectivity index (χ4v) is 4.54. The maximum absolute atomic E-state index is 12.6. The van der Waals surface area contributed by atoms with Crippen LogP contribution in [0.3, 0.4) is 0 Å². The SMILES string of the molecule is N#Cc1cc(-c2ccnc(NC(=O)C3CC34CCOC4)c2)ccc1OC1CCOCC1. The van der Waals surface area contributed by atoms with E-state index in [0.29, 0.717) is 37.0 Å². The molecule has 31 heavy (non-hydrogen) atoms. The molecular formula is C24H25N3O4. The van der Waals surface area contributed by atoms with E-state index in [0.717, 1.165) is 43.4 Å². The number of nitrogens with one attached hydrogen (secondary N) is 1. The van der Waals surface area contributed by atoms with Gasteiger partial charge in [0.25, 0.3) is 0 Å². The van der Waals surface area contributed by atoms with Crippen LogP contribution in [0.2, 0.25) is 0 Å². The smallest absolute Gasteiger partial charge is 0.229 e. The van der Waals surface area contributed by atoms with E-state index in [-0.39, 0.29) is 23.3 Å². The number of carbonyl (C=O) groups excluding carboxylic acids is 1. The first kappa shape index (κ1) is 20.0.